The first-order valence-electron chi connectivity index (χ1n) is 7.69. The average Bonchev–Trinajstić information content (AvgIpc) is 2.87. The van der Waals surface area contributed by atoms with Crippen molar-refractivity contribution in [1.29, 1.82) is 0 Å². The minimum atomic E-state index is -0.0357. The largest absolute Gasteiger partial charge is 0.496 e. The van der Waals surface area contributed by atoms with Gasteiger partial charge in [-0.2, -0.15) is 5.10 Å². The van der Waals surface area contributed by atoms with Gasteiger partial charge in [0.1, 0.15) is 5.75 Å². The van der Waals surface area contributed by atoms with Crippen molar-refractivity contribution < 1.29 is 9.84 Å². The lowest BCUT2D eigenvalue weighted by molar-refractivity contribution is 0.274. The highest BCUT2D eigenvalue weighted by Gasteiger charge is 2.13. The molecule has 2 rings (SSSR count). The lowest BCUT2D eigenvalue weighted by Crippen LogP contribution is -2.05. The molecule has 5 nitrogen and oxygen atoms in total. The van der Waals surface area contributed by atoms with Crippen molar-refractivity contribution in [2.24, 2.45) is 7.05 Å². The quantitative estimate of drug-likeness (QED) is 0.825. The van der Waals surface area contributed by atoms with E-state index in [0.717, 1.165) is 36.3 Å². The Morgan fingerprint density at radius 3 is 2.64 bits per heavy atom. The molecular weight excluding hydrogens is 278 g/mol. The molecule has 2 aromatic rings. The highest BCUT2D eigenvalue weighted by molar-refractivity contribution is 5.51. The Hall–Kier alpha value is -2.01. The fourth-order valence-electron chi connectivity index (χ4n) is 2.80. The van der Waals surface area contributed by atoms with E-state index in [1.807, 2.05) is 29.9 Å². The molecule has 2 N–H and O–H groups in total. The van der Waals surface area contributed by atoms with E-state index in [1.165, 1.54) is 11.3 Å². The van der Waals surface area contributed by atoms with Gasteiger partial charge in [0.15, 0.2) is 0 Å². The SMILES string of the molecule is CCc1nn(C)c(CC)c1CNc1ccc(OC)c(CO)c1. The van der Waals surface area contributed by atoms with Crippen molar-refractivity contribution in [2.75, 3.05) is 12.4 Å². The standard InChI is InChI=1S/C17H25N3O2/c1-5-15-14(16(6-2)20(3)19-15)10-18-13-7-8-17(22-4)12(9-13)11-21/h7-9,18,21H,5-6,10-11H2,1-4H3. The Morgan fingerprint density at radius 1 is 1.27 bits per heavy atom. The summed E-state index contributed by atoms with van der Waals surface area (Å²) in [5, 5.41) is 17.4. The number of benzene rings is 1. The van der Waals surface area contributed by atoms with E-state index < -0.39 is 0 Å². The maximum atomic E-state index is 9.41. The summed E-state index contributed by atoms with van der Waals surface area (Å²) in [5.74, 6) is 0.706. The zero-order chi connectivity index (χ0) is 16.1. The Bertz CT molecular complexity index is 635. The third kappa shape index (κ3) is 3.25. The summed E-state index contributed by atoms with van der Waals surface area (Å²) in [6.07, 6.45) is 1.89. The molecule has 22 heavy (non-hydrogen) atoms. The van der Waals surface area contributed by atoms with Crippen LogP contribution in [0.1, 0.15) is 36.4 Å². The molecule has 5 heteroatoms. The molecule has 120 valence electrons. The predicted molar refractivity (Wildman–Crippen MR) is 88.2 cm³/mol. The van der Waals surface area contributed by atoms with Gasteiger partial charge < -0.3 is 15.2 Å². The summed E-state index contributed by atoms with van der Waals surface area (Å²) in [6, 6.07) is 5.76. The van der Waals surface area contributed by atoms with Crippen LogP contribution in [0.15, 0.2) is 18.2 Å². The molecule has 0 atom stereocenters. The fraction of sp³-hybridized carbons (Fsp3) is 0.471. The second kappa shape index (κ2) is 7.31. The van der Waals surface area contributed by atoms with Crippen molar-refractivity contribution >= 4 is 5.69 Å². The number of aryl methyl sites for hydroxylation is 2. The number of nitrogens with one attached hydrogen (secondary N) is 1. The van der Waals surface area contributed by atoms with Crippen LogP contribution >= 0.6 is 0 Å². The van der Waals surface area contributed by atoms with Gasteiger partial charge in [0.05, 0.1) is 19.4 Å². The van der Waals surface area contributed by atoms with Crippen LogP contribution in [-0.4, -0.2) is 22.0 Å². The minimum Gasteiger partial charge on any atom is -0.496 e. The number of aliphatic hydroxyl groups excluding tert-OH is 1. The molecule has 0 saturated heterocycles. The molecule has 0 spiro atoms. The van der Waals surface area contributed by atoms with Gasteiger partial charge in [-0.1, -0.05) is 13.8 Å². The van der Waals surface area contributed by atoms with Crippen molar-refractivity contribution in [3.05, 3.63) is 40.7 Å². The van der Waals surface area contributed by atoms with E-state index in [-0.39, 0.29) is 6.61 Å². The van der Waals surface area contributed by atoms with Gasteiger partial charge in [-0.3, -0.25) is 4.68 Å². The van der Waals surface area contributed by atoms with E-state index in [9.17, 15) is 5.11 Å². The minimum absolute atomic E-state index is 0.0357. The van der Waals surface area contributed by atoms with Crippen LogP contribution in [-0.2, 0) is 33.0 Å². The van der Waals surface area contributed by atoms with Crippen LogP contribution < -0.4 is 10.1 Å². The van der Waals surface area contributed by atoms with Crippen molar-refractivity contribution in [1.82, 2.24) is 9.78 Å². The number of rotatable bonds is 7. The summed E-state index contributed by atoms with van der Waals surface area (Å²) < 4.78 is 7.20. The van der Waals surface area contributed by atoms with E-state index in [2.05, 4.69) is 24.3 Å². The third-order valence-electron chi connectivity index (χ3n) is 3.95. The van der Waals surface area contributed by atoms with Crippen LogP contribution in [0, 0.1) is 0 Å². The predicted octanol–water partition coefficient (Wildman–Crippen LogP) is 2.66. The molecule has 0 radical (unpaired) electrons. The Kier molecular flexibility index (Phi) is 5.44. The number of aromatic nitrogens is 2. The van der Waals surface area contributed by atoms with Gasteiger partial charge in [0, 0.05) is 36.1 Å². The second-order valence-electron chi connectivity index (χ2n) is 5.24. The van der Waals surface area contributed by atoms with Crippen LogP contribution in [0.4, 0.5) is 5.69 Å². The maximum Gasteiger partial charge on any atom is 0.124 e. The first-order chi connectivity index (χ1) is 10.6. The third-order valence-corrected chi connectivity index (χ3v) is 3.95. The summed E-state index contributed by atoms with van der Waals surface area (Å²) >= 11 is 0. The van der Waals surface area contributed by atoms with Gasteiger partial charge in [-0.05, 0) is 31.0 Å². The zero-order valence-electron chi connectivity index (χ0n) is 13.8. The van der Waals surface area contributed by atoms with Gasteiger partial charge in [0.2, 0.25) is 0 Å². The molecule has 0 aliphatic rings. The van der Waals surface area contributed by atoms with Gasteiger partial charge >= 0.3 is 0 Å². The van der Waals surface area contributed by atoms with Crippen LogP contribution in [0.25, 0.3) is 0 Å². The van der Waals surface area contributed by atoms with E-state index in [0.29, 0.717) is 5.75 Å². The van der Waals surface area contributed by atoms with E-state index in [1.54, 1.807) is 7.11 Å². The van der Waals surface area contributed by atoms with Crippen molar-refractivity contribution in [2.45, 2.75) is 39.8 Å². The number of aliphatic hydroxyl groups is 1. The molecule has 0 aliphatic heterocycles. The number of ether oxygens (including phenoxy) is 1. The molecule has 1 aromatic carbocycles. The molecule has 0 fully saturated rings. The molecule has 0 unspecified atom stereocenters. The molecule has 0 amide bonds. The summed E-state index contributed by atoms with van der Waals surface area (Å²) in [4.78, 5) is 0. The van der Waals surface area contributed by atoms with Crippen molar-refractivity contribution in [3.63, 3.8) is 0 Å². The van der Waals surface area contributed by atoms with Crippen LogP contribution in [0.2, 0.25) is 0 Å². The van der Waals surface area contributed by atoms with Crippen molar-refractivity contribution in [3.8, 4) is 5.75 Å². The normalized spacial score (nSPS) is 10.8. The highest BCUT2D eigenvalue weighted by Crippen LogP contribution is 2.24. The van der Waals surface area contributed by atoms with Crippen LogP contribution in [0.3, 0.4) is 0 Å². The Balaban J connectivity index is 2.20. The van der Waals surface area contributed by atoms with Gasteiger partial charge in [-0.25, -0.2) is 0 Å². The van der Waals surface area contributed by atoms with Crippen LogP contribution in [0.5, 0.6) is 5.75 Å². The first kappa shape index (κ1) is 16.4. The first-order valence-corrected chi connectivity index (χ1v) is 7.69. The smallest absolute Gasteiger partial charge is 0.124 e. The molecule has 0 saturated carbocycles. The topological polar surface area (TPSA) is 59.3 Å². The maximum absolute atomic E-state index is 9.41. The molecule has 0 bridgehead atoms. The highest BCUT2D eigenvalue weighted by atomic mass is 16.5. The molecule has 1 aromatic heterocycles. The number of hydrogen-bond acceptors (Lipinski definition) is 4. The fourth-order valence-corrected chi connectivity index (χ4v) is 2.80. The number of anilines is 1. The van der Waals surface area contributed by atoms with E-state index >= 15 is 0 Å². The number of hydrogen-bond donors (Lipinski definition) is 2. The molecule has 0 aliphatic carbocycles. The number of nitrogens with zero attached hydrogens (tertiary/aromatic N) is 2. The lowest BCUT2D eigenvalue weighted by Gasteiger charge is -2.12. The summed E-state index contributed by atoms with van der Waals surface area (Å²) in [5.41, 5.74) is 5.43. The second-order valence-corrected chi connectivity index (χ2v) is 5.24. The molecular formula is C17H25N3O2. The molecule has 1 heterocycles. The number of methoxy groups -OCH3 is 1. The Morgan fingerprint density at radius 2 is 2.05 bits per heavy atom. The van der Waals surface area contributed by atoms with E-state index in [4.69, 9.17) is 4.74 Å². The summed E-state index contributed by atoms with van der Waals surface area (Å²) in [6.45, 7) is 4.98. The van der Waals surface area contributed by atoms with Gasteiger partial charge in [0.25, 0.3) is 0 Å². The summed E-state index contributed by atoms with van der Waals surface area (Å²) in [7, 11) is 3.61. The average molecular weight is 303 g/mol. The monoisotopic (exact) mass is 303 g/mol. The zero-order valence-corrected chi connectivity index (χ0v) is 13.8. The van der Waals surface area contributed by atoms with Gasteiger partial charge in [-0.15, -0.1) is 0 Å². The lowest BCUT2D eigenvalue weighted by atomic mass is 10.1. The Labute approximate surface area is 131 Å².